The number of benzene rings is 1. The molecule has 0 aliphatic rings. The van der Waals surface area contributed by atoms with Gasteiger partial charge in [-0.3, -0.25) is 9.48 Å². The van der Waals surface area contributed by atoms with E-state index in [1.54, 1.807) is 24.1 Å². The molecule has 0 aliphatic carbocycles. The van der Waals surface area contributed by atoms with Gasteiger partial charge >= 0.3 is 0 Å². The normalized spacial score (nSPS) is 12.4. The predicted molar refractivity (Wildman–Crippen MR) is 99.2 cm³/mol. The number of nitrogens with zero attached hydrogens (tertiary/aromatic N) is 4. The van der Waals surface area contributed by atoms with Crippen LogP contribution in [0.1, 0.15) is 30.4 Å². The van der Waals surface area contributed by atoms with Gasteiger partial charge in [-0.05, 0) is 38.1 Å². The minimum absolute atomic E-state index is 0.0889. The van der Waals surface area contributed by atoms with Crippen molar-refractivity contribution in [2.45, 2.75) is 26.4 Å². The zero-order valence-corrected chi connectivity index (χ0v) is 15.8. The molecule has 6 nitrogen and oxygen atoms in total. The topological polar surface area (TPSA) is 61.4 Å². The zero-order chi connectivity index (χ0) is 18.0. The van der Waals surface area contributed by atoms with Gasteiger partial charge in [0.25, 0.3) is 5.91 Å². The van der Waals surface area contributed by atoms with Crippen LogP contribution >= 0.6 is 22.9 Å². The lowest BCUT2D eigenvalue weighted by Crippen LogP contribution is -2.20. The summed E-state index contributed by atoms with van der Waals surface area (Å²) in [6.45, 7) is 5.08. The van der Waals surface area contributed by atoms with E-state index in [2.05, 4.69) is 10.1 Å². The number of carbonyl (C=O) groups is 1. The van der Waals surface area contributed by atoms with Crippen LogP contribution in [-0.4, -0.2) is 34.0 Å². The Kier molecular flexibility index (Phi) is 5.36. The Bertz CT molecular complexity index is 971. The van der Waals surface area contributed by atoms with Crippen LogP contribution in [0.5, 0.6) is 0 Å². The van der Waals surface area contributed by atoms with Crippen molar-refractivity contribution in [1.82, 2.24) is 14.3 Å². The predicted octanol–water partition coefficient (Wildman–Crippen LogP) is 3.52. The summed E-state index contributed by atoms with van der Waals surface area (Å²) in [6, 6.07) is 7.43. The maximum atomic E-state index is 12.7. The fourth-order valence-electron chi connectivity index (χ4n) is 2.57. The van der Waals surface area contributed by atoms with Gasteiger partial charge in [0, 0.05) is 30.9 Å². The number of fused-ring (bicyclic) bond motifs is 1. The average molecular weight is 379 g/mol. The van der Waals surface area contributed by atoms with Gasteiger partial charge in [-0.15, -0.1) is 0 Å². The standard InChI is InChI=1S/C17H19ClN4O2S/c1-11(2)22-14(6-7-19-22)16(23)20-17-21(8-9-24-3)13-5-4-12(18)10-15(13)25-17/h4-7,10-11H,8-9H2,1-3H3. The van der Waals surface area contributed by atoms with E-state index in [0.717, 1.165) is 10.2 Å². The second-order valence-corrected chi connectivity index (χ2v) is 7.26. The number of ether oxygens (including phenoxy) is 1. The minimum Gasteiger partial charge on any atom is -0.383 e. The fourth-order valence-corrected chi connectivity index (χ4v) is 3.90. The molecule has 0 radical (unpaired) electrons. The maximum Gasteiger partial charge on any atom is 0.297 e. The third-order valence-corrected chi connectivity index (χ3v) is 5.02. The maximum absolute atomic E-state index is 12.7. The summed E-state index contributed by atoms with van der Waals surface area (Å²) < 4.78 is 9.82. The molecule has 0 bridgehead atoms. The molecule has 8 heteroatoms. The van der Waals surface area contributed by atoms with Crippen molar-refractivity contribution in [2.75, 3.05) is 13.7 Å². The first-order valence-corrected chi connectivity index (χ1v) is 9.11. The third-order valence-electron chi connectivity index (χ3n) is 3.74. The molecular weight excluding hydrogens is 360 g/mol. The Labute approximate surface area is 154 Å². The van der Waals surface area contributed by atoms with Crippen molar-refractivity contribution in [2.24, 2.45) is 4.99 Å². The quantitative estimate of drug-likeness (QED) is 0.682. The lowest BCUT2D eigenvalue weighted by Gasteiger charge is -2.08. The smallest absolute Gasteiger partial charge is 0.297 e. The van der Waals surface area contributed by atoms with Crippen LogP contribution in [0.15, 0.2) is 35.5 Å². The van der Waals surface area contributed by atoms with Crippen molar-refractivity contribution < 1.29 is 9.53 Å². The van der Waals surface area contributed by atoms with E-state index in [0.29, 0.717) is 28.7 Å². The molecule has 3 rings (SSSR count). The number of thiazole rings is 1. The van der Waals surface area contributed by atoms with Crippen molar-refractivity contribution in [3.05, 3.63) is 46.0 Å². The fraction of sp³-hybridized carbons (Fsp3) is 0.353. The number of hydrogen-bond donors (Lipinski definition) is 0. The summed E-state index contributed by atoms with van der Waals surface area (Å²) in [5.41, 5.74) is 1.46. The Balaban J connectivity index is 2.11. The van der Waals surface area contributed by atoms with Crippen molar-refractivity contribution in [3.63, 3.8) is 0 Å². The molecule has 0 N–H and O–H groups in total. The molecule has 1 amide bonds. The van der Waals surface area contributed by atoms with E-state index in [1.807, 2.05) is 36.6 Å². The molecule has 0 saturated heterocycles. The van der Waals surface area contributed by atoms with Gasteiger partial charge in [0.05, 0.1) is 16.8 Å². The Morgan fingerprint density at radius 1 is 1.40 bits per heavy atom. The third kappa shape index (κ3) is 3.68. The van der Waals surface area contributed by atoms with Crippen LogP contribution in [-0.2, 0) is 11.3 Å². The summed E-state index contributed by atoms with van der Waals surface area (Å²) in [7, 11) is 1.65. The monoisotopic (exact) mass is 378 g/mol. The second-order valence-electron chi connectivity index (χ2n) is 5.81. The van der Waals surface area contributed by atoms with Crippen LogP contribution < -0.4 is 4.80 Å². The number of halogens is 1. The highest BCUT2D eigenvalue weighted by Gasteiger charge is 2.15. The van der Waals surface area contributed by atoms with Crippen LogP contribution in [0.25, 0.3) is 10.2 Å². The van der Waals surface area contributed by atoms with Crippen LogP contribution in [0.3, 0.4) is 0 Å². The van der Waals surface area contributed by atoms with E-state index < -0.39 is 0 Å². The molecule has 2 heterocycles. The van der Waals surface area contributed by atoms with Crippen molar-refractivity contribution >= 4 is 39.1 Å². The summed E-state index contributed by atoms with van der Waals surface area (Å²) in [4.78, 5) is 17.6. The highest BCUT2D eigenvalue weighted by Crippen LogP contribution is 2.22. The summed E-state index contributed by atoms with van der Waals surface area (Å²) in [5, 5.41) is 4.86. The minimum atomic E-state index is -0.310. The lowest BCUT2D eigenvalue weighted by molar-refractivity contribution is 0.0985. The molecule has 1 aromatic carbocycles. The molecule has 0 atom stereocenters. The number of rotatable bonds is 5. The van der Waals surface area contributed by atoms with Gasteiger partial charge in [0.15, 0.2) is 4.80 Å². The molecule has 0 saturated carbocycles. The zero-order valence-electron chi connectivity index (χ0n) is 14.3. The molecule has 3 aromatic rings. The number of amides is 1. The molecule has 0 spiro atoms. The van der Waals surface area contributed by atoms with Crippen LogP contribution in [0, 0.1) is 0 Å². The SMILES string of the molecule is COCCn1c(=NC(=O)c2ccnn2C(C)C)sc2cc(Cl)ccc21. The molecular formula is C17H19ClN4O2S. The van der Waals surface area contributed by atoms with Gasteiger partial charge in [-0.25, -0.2) is 0 Å². The van der Waals surface area contributed by atoms with Gasteiger partial charge in [-0.1, -0.05) is 22.9 Å². The molecule has 0 aliphatic heterocycles. The molecule has 132 valence electrons. The Morgan fingerprint density at radius 3 is 2.92 bits per heavy atom. The van der Waals surface area contributed by atoms with Gasteiger partial charge in [-0.2, -0.15) is 10.1 Å². The Morgan fingerprint density at radius 2 is 2.20 bits per heavy atom. The van der Waals surface area contributed by atoms with E-state index >= 15 is 0 Å². The number of carbonyl (C=O) groups excluding carboxylic acids is 1. The van der Waals surface area contributed by atoms with Crippen LogP contribution in [0.4, 0.5) is 0 Å². The largest absolute Gasteiger partial charge is 0.383 e. The molecule has 0 unspecified atom stereocenters. The second kappa shape index (κ2) is 7.51. The average Bonchev–Trinajstić information content (AvgIpc) is 3.17. The highest BCUT2D eigenvalue weighted by molar-refractivity contribution is 7.16. The summed E-state index contributed by atoms with van der Waals surface area (Å²) in [6.07, 6.45) is 1.62. The van der Waals surface area contributed by atoms with Crippen LogP contribution in [0.2, 0.25) is 5.02 Å². The summed E-state index contributed by atoms with van der Waals surface area (Å²) in [5.74, 6) is -0.310. The summed E-state index contributed by atoms with van der Waals surface area (Å²) >= 11 is 7.52. The van der Waals surface area contributed by atoms with Crippen molar-refractivity contribution in [1.29, 1.82) is 0 Å². The number of aromatic nitrogens is 3. The highest BCUT2D eigenvalue weighted by atomic mass is 35.5. The first-order valence-electron chi connectivity index (χ1n) is 7.91. The Hall–Kier alpha value is -1.96. The van der Waals surface area contributed by atoms with Gasteiger partial charge < -0.3 is 9.30 Å². The first kappa shape index (κ1) is 17.8. The van der Waals surface area contributed by atoms with Gasteiger partial charge in [0.1, 0.15) is 5.69 Å². The molecule has 0 fully saturated rings. The van der Waals surface area contributed by atoms with E-state index in [9.17, 15) is 4.79 Å². The van der Waals surface area contributed by atoms with E-state index in [4.69, 9.17) is 16.3 Å². The van der Waals surface area contributed by atoms with E-state index in [1.165, 1.54) is 11.3 Å². The van der Waals surface area contributed by atoms with E-state index in [-0.39, 0.29) is 11.9 Å². The first-order chi connectivity index (χ1) is 12.0. The van der Waals surface area contributed by atoms with Crippen molar-refractivity contribution in [3.8, 4) is 0 Å². The molecule has 2 aromatic heterocycles. The van der Waals surface area contributed by atoms with Gasteiger partial charge in [0.2, 0.25) is 0 Å². The molecule has 25 heavy (non-hydrogen) atoms. The number of hydrogen-bond acceptors (Lipinski definition) is 4. The number of methoxy groups -OCH3 is 1. The lowest BCUT2D eigenvalue weighted by atomic mass is 10.3.